The number of hydroxylamine groups is 5. The number of hydrogen-bond acceptors (Lipinski definition) is 23. The number of unbranched alkanes of at least 4 members (excludes halogenated alkanes) is 6. The zero-order chi connectivity index (χ0) is 100. The van der Waals surface area contributed by atoms with Gasteiger partial charge in [-0.2, -0.15) is 0 Å². The predicted molar refractivity (Wildman–Crippen MR) is 540 cm³/mol. The minimum Gasteiger partial charge on any atom is -0.325 e. The van der Waals surface area contributed by atoms with E-state index in [0.29, 0.717) is 144 Å². The number of carbonyl (C=O) groups is 12. The summed E-state index contributed by atoms with van der Waals surface area (Å²) in [6.45, 7) is 0. The molecule has 6 aromatic heterocycles. The molecule has 16 N–H and O–H groups in total. The van der Waals surface area contributed by atoms with Gasteiger partial charge < -0.3 is 31.9 Å². The number of pyridine rings is 6. The summed E-state index contributed by atoms with van der Waals surface area (Å²) in [5.74, 6) is -7.76. The summed E-state index contributed by atoms with van der Waals surface area (Å²) in [4.78, 5) is 178. The fourth-order valence-corrected chi connectivity index (χ4v) is 15.9. The second-order valence-electron chi connectivity index (χ2n) is 33.0. The molecule has 0 atom stereocenters. The number of rotatable bonds is 39. The summed E-state index contributed by atoms with van der Waals surface area (Å²) in [5.41, 5.74) is 17.1. The van der Waals surface area contributed by atoms with Crippen LogP contribution >= 0.6 is 0 Å². The highest BCUT2D eigenvalue weighted by Gasteiger charge is 2.45. The van der Waals surface area contributed by atoms with Crippen molar-refractivity contribution in [1.29, 1.82) is 0 Å². The highest BCUT2D eigenvalue weighted by atomic mass is 16.5. The smallest absolute Gasteiger partial charge is 0.267 e. The van der Waals surface area contributed by atoms with Gasteiger partial charge in [0.05, 0.1) is 55.8 Å². The van der Waals surface area contributed by atoms with Gasteiger partial charge in [0.15, 0.2) is 0 Å². The summed E-state index contributed by atoms with van der Waals surface area (Å²) < 4.78 is 0. The molecule has 0 saturated heterocycles. The molecule has 15 rings (SSSR count). The van der Waals surface area contributed by atoms with Gasteiger partial charge in [0, 0.05) is 125 Å². The third-order valence-corrected chi connectivity index (χ3v) is 23.0. The highest BCUT2D eigenvalue weighted by Crippen LogP contribution is 2.38. The topological polar surface area (TPSA) is 516 Å². The molecule has 724 valence electrons. The molecule has 0 fully saturated rings. The average molecular weight is 1910 g/mol. The number of Topliss-reactive ketones (excluding diaryl/α,β-unsaturated/α-hetero) is 1. The standard InChI is InChI=1S/C33H38N6O6.C30H23N5O4.C27H27N5O4.C18H17NO3/c40-27(38-44)17-3-1-5-19-33(20-6-2-4-18-28(41)39-45,31(42)36-25-15-7-11-23-13-9-21-34-29(23)25)32(43)37-26-16-8-12-24-14-10-22-35-30(24)26;36-25(35-39)15-14-19-6-1-9-22(18-19)26(29(37)33-23-12-2-7-20-10-4-16-31-27(20)23)30(38)34-24-13-3-8-21-11-5-17-32-28(21)24;33-25(32-36)9-3-1-2-8-22(26(34)30-20-10-12-23-18(16-20)6-4-14-28-23)27(35)31-21-11-13-24-19(17-21)7-5-15-29-24;20-17(12-14-5-2-1-3-6-14)13-16-8-4-7-15(11-16)9-10-18(21)19-22/h7-16,21-22,44-45H,1-6,17-20H2,(H,36,42)(H,37,43)(H,38,40)(H,39,41);1-18,26,39H,(H,33,37)(H,34,38)(H,35,36);4-7,10-17,22,36H,1-3,8-9H2,(H,30,34)(H,31,35)(H,32,33);1-11,22H,12-13H2,(H,19,21)/b;15-14+;;10-9+. The van der Waals surface area contributed by atoms with E-state index in [1.807, 2.05) is 164 Å². The van der Waals surface area contributed by atoms with E-state index in [2.05, 4.69) is 61.8 Å². The molecule has 142 heavy (non-hydrogen) atoms. The van der Waals surface area contributed by atoms with Crippen LogP contribution in [0.4, 0.5) is 34.1 Å². The monoisotopic (exact) mass is 1910 g/mol. The number of fused-ring (bicyclic) bond motifs is 6. The molecule has 0 aliphatic rings. The molecule has 34 nitrogen and oxygen atoms in total. The number of amides is 11. The van der Waals surface area contributed by atoms with E-state index in [1.165, 1.54) is 23.1 Å². The lowest BCUT2D eigenvalue weighted by atomic mass is 9.75. The van der Waals surface area contributed by atoms with Crippen LogP contribution in [-0.4, -0.2) is 127 Å². The van der Waals surface area contributed by atoms with Crippen LogP contribution in [0, 0.1) is 11.3 Å². The summed E-state index contributed by atoms with van der Waals surface area (Å²) in [6, 6.07) is 78.4. The highest BCUT2D eigenvalue weighted by molar-refractivity contribution is 6.19. The maximum absolute atomic E-state index is 14.4. The lowest BCUT2D eigenvalue weighted by Gasteiger charge is -2.32. The molecule has 0 spiro atoms. The fraction of sp³-hybridized carbons (Fsp3) is 0.185. The summed E-state index contributed by atoms with van der Waals surface area (Å²) in [5, 5.41) is 66.0. The third kappa shape index (κ3) is 30.3. The maximum Gasteiger partial charge on any atom is 0.267 e. The Morgan fingerprint density at radius 2 is 0.662 bits per heavy atom. The van der Waals surface area contributed by atoms with Crippen LogP contribution in [0.15, 0.2) is 310 Å². The van der Waals surface area contributed by atoms with Crippen molar-refractivity contribution in [3.8, 4) is 0 Å². The Hall–Kier alpha value is -17.4. The molecule has 15 aromatic rings. The number of anilines is 6. The number of ketones is 1. The first-order chi connectivity index (χ1) is 69.1. The van der Waals surface area contributed by atoms with Gasteiger partial charge in [-0.05, 0) is 176 Å². The van der Waals surface area contributed by atoms with Crippen LogP contribution in [0.5, 0.6) is 0 Å². The average Bonchev–Trinajstić information content (AvgIpc) is 0.777. The molecule has 0 aliphatic heterocycles. The zero-order valence-corrected chi connectivity index (χ0v) is 77.1. The van der Waals surface area contributed by atoms with Gasteiger partial charge in [0.2, 0.25) is 53.2 Å². The van der Waals surface area contributed by atoms with Crippen molar-refractivity contribution in [3.05, 3.63) is 338 Å². The number of nitrogens with one attached hydrogen (secondary N) is 11. The Kier molecular flexibility index (Phi) is 38.9. The van der Waals surface area contributed by atoms with Crippen LogP contribution in [0.25, 0.3) is 77.6 Å². The molecule has 0 saturated carbocycles. The molecule has 34 heteroatoms. The first kappa shape index (κ1) is 103. The Balaban J connectivity index is 0.000000173. The summed E-state index contributed by atoms with van der Waals surface area (Å²) >= 11 is 0. The molecule has 0 bridgehead atoms. The van der Waals surface area contributed by atoms with Crippen LogP contribution in [-0.2, 0) is 70.4 Å². The Bertz CT molecular complexity index is 6740. The Labute approximate surface area is 815 Å². The Morgan fingerprint density at radius 1 is 0.303 bits per heavy atom. The van der Waals surface area contributed by atoms with Gasteiger partial charge in [0.25, 0.3) is 11.8 Å². The summed E-state index contributed by atoms with van der Waals surface area (Å²) in [7, 11) is 0. The van der Waals surface area contributed by atoms with E-state index < -0.39 is 82.2 Å². The van der Waals surface area contributed by atoms with Crippen molar-refractivity contribution >= 4 is 182 Å². The molecule has 0 radical (unpaired) electrons. The van der Waals surface area contributed by atoms with E-state index in [4.69, 9.17) is 26.0 Å². The van der Waals surface area contributed by atoms with Crippen molar-refractivity contribution in [2.45, 2.75) is 115 Å². The van der Waals surface area contributed by atoms with Gasteiger partial charge in [-0.15, -0.1) is 0 Å². The molecule has 9 aromatic carbocycles. The molecule has 0 unspecified atom stereocenters. The van der Waals surface area contributed by atoms with E-state index in [1.54, 1.807) is 157 Å². The normalized spacial score (nSPS) is 11.0. The molecule has 6 heterocycles. The number of hydrogen-bond donors (Lipinski definition) is 16. The first-order valence-electron chi connectivity index (χ1n) is 45.8. The molecule has 0 aliphatic carbocycles. The fourth-order valence-electron chi connectivity index (χ4n) is 15.9. The quantitative estimate of drug-likeness (QED) is 0.00559. The second kappa shape index (κ2) is 53.3. The number of benzene rings is 9. The SMILES string of the molecule is O=C(/C=C/c1cccc(C(C(=O)Nc2cccc3cccnc23)C(=O)Nc2cccc3cccnc23)c1)NO.O=C(CCCCCC(C(=O)Nc1ccc2ncccc2c1)C(=O)Nc1ccc2ncccc2c1)NO.O=C(CCCCCC(CCCCCC(=O)NO)(C(=O)Nc1cccc2cccnc12)C(=O)Nc1cccc2cccnc12)NO.O=C(Cc1ccccc1)Cc1cccc(/C=C/C(=O)NO)c1. The van der Waals surface area contributed by atoms with Gasteiger partial charge in [-0.3, -0.25) is 113 Å². The number of aromatic nitrogens is 6. The van der Waals surface area contributed by atoms with Gasteiger partial charge in [0.1, 0.15) is 23.0 Å². The van der Waals surface area contributed by atoms with Crippen molar-refractivity contribution in [3.63, 3.8) is 0 Å². The zero-order valence-electron chi connectivity index (χ0n) is 77.1. The summed E-state index contributed by atoms with van der Waals surface area (Å²) in [6.07, 6.45) is 21.8. The lowest BCUT2D eigenvalue weighted by molar-refractivity contribution is -0.139. The second-order valence-corrected chi connectivity index (χ2v) is 33.0. The van der Waals surface area contributed by atoms with E-state index in [-0.39, 0.29) is 37.9 Å². The predicted octanol–water partition coefficient (Wildman–Crippen LogP) is 16.9. The van der Waals surface area contributed by atoms with Crippen LogP contribution < -0.4 is 59.3 Å². The molecule has 11 amide bonds. The number of para-hydroxylation sites is 4. The Morgan fingerprint density at radius 3 is 1.08 bits per heavy atom. The van der Waals surface area contributed by atoms with Crippen molar-refractivity contribution < 1.29 is 83.6 Å². The third-order valence-electron chi connectivity index (χ3n) is 23.0. The number of nitrogens with zero attached hydrogens (tertiary/aromatic N) is 6. The van der Waals surface area contributed by atoms with Crippen molar-refractivity contribution in [1.82, 2.24) is 57.3 Å². The van der Waals surface area contributed by atoms with Crippen LogP contribution in [0.1, 0.15) is 130 Å². The van der Waals surface area contributed by atoms with Crippen LogP contribution in [0.3, 0.4) is 0 Å². The van der Waals surface area contributed by atoms with Crippen LogP contribution in [0.2, 0.25) is 0 Å². The van der Waals surface area contributed by atoms with E-state index in [9.17, 15) is 57.5 Å². The number of carbonyl (C=O) groups excluding carboxylic acids is 12. The first-order valence-corrected chi connectivity index (χ1v) is 45.8. The van der Waals surface area contributed by atoms with Crippen molar-refractivity contribution in [2.24, 2.45) is 11.3 Å². The minimum absolute atomic E-state index is 0.109. The van der Waals surface area contributed by atoms with Gasteiger partial charge >= 0.3 is 0 Å². The molecular weight excluding hydrogens is 1810 g/mol. The minimum atomic E-state index is -1.54. The maximum atomic E-state index is 14.4. The van der Waals surface area contributed by atoms with E-state index in [0.717, 1.165) is 66.1 Å². The largest absolute Gasteiger partial charge is 0.325 e. The lowest BCUT2D eigenvalue weighted by Crippen LogP contribution is -2.46. The van der Waals surface area contributed by atoms with Gasteiger partial charge in [-0.25, -0.2) is 27.4 Å². The van der Waals surface area contributed by atoms with E-state index >= 15 is 0 Å². The molecular formula is C108H105N17O17. The van der Waals surface area contributed by atoms with Gasteiger partial charge in [-0.1, -0.05) is 202 Å². The van der Waals surface area contributed by atoms with Crippen molar-refractivity contribution in [2.75, 3.05) is 31.9 Å².